The summed E-state index contributed by atoms with van der Waals surface area (Å²) in [6, 6.07) is 4.20. The van der Waals surface area contributed by atoms with Gasteiger partial charge in [-0.05, 0) is 30.4 Å². The number of benzene rings is 1. The van der Waals surface area contributed by atoms with E-state index in [2.05, 4.69) is 15.5 Å². The Hall–Kier alpha value is -2.06. The summed E-state index contributed by atoms with van der Waals surface area (Å²) in [6.45, 7) is 0.529. The van der Waals surface area contributed by atoms with Crippen molar-refractivity contribution < 1.29 is 13.9 Å². The maximum atomic E-state index is 13.5. The average Bonchev–Trinajstić information content (AvgIpc) is 2.81. The molecule has 0 aliphatic heterocycles. The average molecular weight is 324 g/mol. The summed E-state index contributed by atoms with van der Waals surface area (Å²) in [4.78, 5) is 12.1. The Morgan fingerprint density at radius 1 is 1.55 bits per heavy atom. The van der Waals surface area contributed by atoms with Gasteiger partial charge in [0, 0.05) is 38.2 Å². The van der Waals surface area contributed by atoms with Crippen LogP contribution in [0.4, 0.5) is 4.39 Å². The molecule has 6 nitrogen and oxygen atoms in total. The number of hydrogen-bond donors (Lipinski definition) is 2. The Labute approximate surface area is 132 Å². The molecule has 2 N–H and O–H groups in total. The minimum absolute atomic E-state index is 0.123. The Bertz CT molecular complexity index is 726. The van der Waals surface area contributed by atoms with Crippen molar-refractivity contribution in [2.45, 2.75) is 13.0 Å². The summed E-state index contributed by atoms with van der Waals surface area (Å²) in [7, 11) is 3.28. The lowest BCUT2D eigenvalue weighted by Gasteiger charge is -2.07. The number of aromatic nitrogens is 3. The molecule has 1 aromatic carbocycles. The van der Waals surface area contributed by atoms with Gasteiger partial charge in [0.25, 0.3) is 5.91 Å². The van der Waals surface area contributed by atoms with Crippen LogP contribution in [0.2, 0.25) is 0 Å². The largest absolute Gasteiger partial charge is 0.380 e. The van der Waals surface area contributed by atoms with E-state index in [0.29, 0.717) is 28.9 Å². The molecule has 8 heteroatoms. The van der Waals surface area contributed by atoms with Gasteiger partial charge in [-0.1, -0.05) is 0 Å². The van der Waals surface area contributed by atoms with Crippen molar-refractivity contribution in [2.75, 3.05) is 13.7 Å². The van der Waals surface area contributed by atoms with Gasteiger partial charge >= 0.3 is 0 Å². The zero-order valence-electron chi connectivity index (χ0n) is 12.4. The molecule has 0 unspecified atom stereocenters. The molecule has 2 rings (SSSR count). The van der Waals surface area contributed by atoms with Gasteiger partial charge in [-0.15, -0.1) is 0 Å². The molecule has 0 saturated heterocycles. The van der Waals surface area contributed by atoms with Crippen molar-refractivity contribution in [3.05, 3.63) is 45.7 Å². The Morgan fingerprint density at radius 2 is 2.32 bits per heavy atom. The fraction of sp³-hybridized carbons (Fsp3) is 0.357. The van der Waals surface area contributed by atoms with E-state index >= 15 is 0 Å². The molecular weight excluding hydrogens is 307 g/mol. The van der Waals surface area contributed by atoms with Crippen molar-refractivity contribution in [3.63, 3.8) is 0 Å². The predicted molar refractivity (Wildman–Crippen MR) is 81.5 cm³/mol. The molecule has 118 valence electrons. The molecule has 1 heterocycles. The lowest BCUT2D eigenvalue weighted by Crippen LogP contribution is -2.26. The molecule has 0 atom stereocenters. The number of carbonyl (C=O) groups is 1. The van der Waals surface area contributed by atoms with Crippen molar-refractivity contribution in [1.82, 2.24) is 20.1 Å². The van der Waals surface area contributed by atoms with Crippen molar-refractivity contribution in [1.29, 1.82) is 0 Å². The highest BCUT2D eigenvalue weighted by Crippen LogP contribution is 2.11. The highest BCUT2D eigenvalue weighted by atomic mass is 32.1. The van der Waals surface area contributed by atoms with E-state index in [0.717, 1.165) is 5.82 Å². The summed E-state index contributed by atoms with van der Waals surface area (Å²) in [5, 5.41) is 9.51. The van der Waals surface area contributed by atoms with Crippen LogP contribution < -0.4 is 5.32 Å². The summed E-state index contributed by atoms with van der Waals surface area (Å²) in [5.74, 6) is 0.0959. The molecule has 0 aliphatic rings. The van der Waals surface area contributed by atoms with E-state index in [1.807, 2.05) is 0 Å². The topological polar surface area (TPSA) is 71.9 Å². The standard InChI is InChI=1S/C14H17FN4O2S/c1-19-12(17-18-14(19)22)5-6-16-13(20)9-3-4-11(15)10(7-9)8-21-2/h3-4,7H,5-6,8H2,1-2H3,(H,16,20)(H,18,22). The SMILES string of the molecule is COCc1cc(C(=O)NCCc2n[nH]c(=S)n2C)ccc1F. The second-order valence-electron chi connectivity index (χ2n) is 4.75. The van der Waals surface area contributed by atoms with E-state index in [1.165, 1.54) is 25.3 Å². The van der Waals surface area contributed by atoms with Gasteiger partial charge in [-0.25, -0.2) is 4.39 Å². The number of carbonyl (C=O) groups excluding carboxylic acids is 1. The summed E-state index contributed by atoms with van der Waals surface area (Å²) < 4.78 is 20.7. The molecule has 0 bridgehead atoms. The van der Waals surface area contributed by atoms with E-state index in [1.54, 1.807) is 11.6 Å². The van der Waals surface area contributed by atoms with Crippen LogP contribution in [0.1, 0.15) is 21.7 Å². The molecule has 0 spiro atoms. The fourth-order valence-corrected chi connectivity index (χ4v) is 2.13. The normalized spacial score (nSPS) is 10.7. The first-order valence-corrected chi connectivity index (χ1v) is 7.09. The fourth-order valence-electron chi connectivity index (χ4n) is 1.98. The maximum absolute atomic E-state index is 13.5. The van der Waals surface area contributed by atoms with Gasteiger partial charge in [0.1, 0.15) is 11.6 Å². The molecular formula is C14H17FN4O2S. The molecule has 22 heavy (non-hydrogen) atoms. The number of ether oxygens (including phenoxy) is 1. The molecule has 1 aromatic heterocycles. The summed E-state index contributed by atoms with van der Waals surface area (Å²) in [5.41, 5.74) is 0.744. The molecule has 2 aromatic rings. The maximum Gasteiger partial charge on any atom is 0.251 e. The third kappa shape index (κ3) is 3.77. The van der Waals surface area contributed by atoms with E-state index in [4.69, 9.17) is 17.0 Å². The van der Waals surface area contributed by atoms with Gasteiger partial charge in [-0.3, -0.25) is 9.89 Å². The van der Waals surface area contributed by atoms with Crippen LogP contribution in [0.3, 0.4) is 0 Å². The van der Waals surface area contributed by atoms with Gasteiger partial charge in [0.15, 0.2) is 4.77 Å². The summed E-state index contributed by atoms with van der Waals surface area (Å²) in [6.07, 6.45) is 0.543. The van der Waals surface area contributed by atoms with Crippen LogP contribution in [-0.2, 0) is 24.8 Å². The highest BCUT2D eigenvalue weighted by Gasteiger charge is 2.10. The number of amides is 1. The molecule has 0 saturated carbocycles. The number of halogens is 1. The number of hydrogen-bond acceptors (Lipinski definition) is 4. The van der Waals surface area contributed by atoms with Crippen molar-refractivity contribution in [2.24, 2.45) is 7.05 Å². The van der Waals surface area contributed by atoms with E-state index in [-0.39, 0.29) is 18.3 Å². The lowest BCUT2D eigenvalue weighted by molar-refractivity contribution is 0.0953. The van der Waals surface area contributed by atoms with Gasteiger partial charge in [0.05, 0.1) is 6.61 Å². The quantitative estimate of drug-likeness (QED) is 0.794. The number of H-pyrrole nitrogens is 1. The number of nitrogens with zero attached hydrogens (tertiary/aromatic N) is 2. The predicted octanol–water partition coefficient (Wildman–Crippen LogP) is 1.74. The van der Waals surface area contributed by atoms with Crippen LogP contribution in [-0.4, -0.2) is 34.3 Å². The molecule has 0 radical (unpaired) electrons. The first-order chi connectivity index (χ1) is 10.5. The minimum Gasteiger partial charge on any atom is -0.380 e. The van der Waals surface area contributed by atoms with Crippen LogP contribution in [0.25, 0.3) is 0 Å². The van der Waals surface area contributed by atoms with E-state index < -0.39 is 0 Å². The zero-order chi connectivity index (χ0) is 16.1. The second-order valence-corrected chi connectivity index (χ2v) is 5.14. The molecule has 1 amide bonds. The number of aromatic amines is 1. The summed E-state index contributed by atoms with van der Waals surface area (Å²) >= 11 is 5.01. The Morgan fingerprint density at radius 3 is 2.95 bits per heavy atom. The number of nitrogens with one attached hydrogen (secondary N) is 2. The highest BCUT2D eigenvalue weighted by molar-refractivity contribution is 7.71. The monoisotopic (exact) mass is 324 g/mol. The molecule has 0 aliphatic carbocycles. The third-order valence-corrected chi connectivity index (χ3v) is 3.58. The van der Waals surface area contributed by atoms with Gasteiger partial charge < -0.3 is 14.6 Å². The van der Waals surface area contributed by atoms with Crippen molar-refractivity contribution in [3.8, 4) is 0 Å². The van der Waals surface area contributed by atoms with Crippen LogP contribution >= 0.6 is 12.2 Å². The zero-order valence-corrected chi connectivity index (χ0v) is 13.2. The number of methoxy groups -OCH3 is 1. The van der Waals surface area contributed by atoms with Gasteiger partial charge in [-0.2, -0.15) is 5.10 Å². The van der Waals surface area contributed by atoms with Crippen LogP contribution in [0.5, 0.6) is 0 Å². The Balaban J connectivity index is 1.96. The first-order valence-electron chi connectivity index (χ1n) is 6.68. The van der Waals surface area contributed by atoms with Crippen LogP contribution in [0, 0.1) is 10.6 Å². The smallest absolute Gasteiger partial charge is 0.251 e. The minimum atomic E-state index is -0.389. The first kappa shape index (κ1) is 16.3. The third-order valence-electron chi connectivity index (χ3n) is 3.21. The van der Waals surface area contributed by atoms with Crippen LogP contribution in [0.15, 0.2) is 18.2 Å². The lowest BCUT2D eigenvalue weighted by atomic mass is 10.1. The van der Waals surface area contributed by atoms with E-state index in [9.17, 15) is 9.18 Å². The van der Waals surface area contributed by atoms with Crippen molar-refractivity contribution >= 4 is 18.1 Å². The number of rotatable bonds is 6. The molecule has 0 fully saturated rings. The second kappa shape index (κ2) is 7.28. The van der Waals surface area contributed by atoms with Gasteiger partial charge in [0.2, 0.25) is 0 Å². The Kier molecular flexibility index (Phi) is 5.40.